The van der Waals surface area contributed by atoms with Crippen LogP contribution in [0.2, 0.25) is 0 Å². The van der Waals surface area contributed by atoms with Crippen LogP contribution < -0.4 is 9.64 Å². The molecule has 2 aromatic rings. The van der Waals surface area contributed by atoms with Crippen LogP contribution in [0.4, 0.5) is 23.8 Å². The van der Waals surface area contributed by atoms with Crippen LogP contribution >= 0.6 is 0 Å². The Morgan fingerprint density at radius 3 is 2.59 bits per heavy atom. The van der Waals surface area contributed by atoms with Gasteiger partial charge in [-0.05, 0) is 37.1 Å². The standard InChI is InChI=1S/C22H25F3N4O3/c1-4-32-18-5-6-20(27-11-18)29-13-19(14(2)3)28(21(29)31)12-17(30)10-16-9-15(7-8-26-16)22(23,24)25/h5-9,11,14,19H,4,10,12-13H2,1-3H3/t19-/m1/s1. The summed E-state index contributed by atoms with van der Waals surface area (Å²) < 4.78 is 44.1. The predicted octanol–water partition coefficient (Wildman–Crippen LogP) is 3.97. The van der Waals surface area contributed by atoms with E-state index in [1.165, 1.54) is 16.0 Å². The first-order valence-electron chi connectivity index (χ1n) is 10.3. The number of rotatable bonds is 8. The zero-order chi connectivity index (χ0) is 23.5. The van der Waals surface area contributed by atoms with Crippen LogP contribution in [0.15, 0.2) is 36.7 Å². The largest absolute Gasteiger partial charge is 0.492 e. The molecule has 172 valence electrons. The molecule has 2 amide bonds. The van der Waals surface area contributed by atoms with E-state index in [9.17, 15) is 22.8 Å². The van der Waals surface area contributed by atoms with Crippen molar-refractivity contribution in [3.8, 4) is 5.75 Å². The van der Waals surface area contributed by atoms with E-state index in [2.05, 4.69) is 9.97 Å². The summed E-state index contributed by atoms with van der Waals surface area (Å²) in [5, 5.41) is 0. The molecule has 1 aliphatic rings. The van der Waals surface area contributed by atoms with E-state index in [1.807, 2.05) is 20.8 Å². The monoisotopic (exact) mass is 450 g/mol. The molecule has 0 spiro atoms. The fraction of sp³-hybridized carbons (Fsp3) is 0.455. The number of aromatic nitrogens is 2. The lowest BCUT2D eigenvalue weighted by Crippen LogP contribution is -2.41. The molecular weight excluding hydrogens is 425 g/mol. The SMILES string of the molecule is CCOc1ccc(N2C[C@H](C(C)C)N(CC(=O)Cc3cc(C(F)(F)F)ccn3)C2=O)nc1. The molecule has 1 saturated heterocycles. The molecule has 1 aliphatic heterocycles. The van der Waals surface area contributed by atoms with Crippen LogP contribution in [0.25, 0.3) is 0 Å². The number of nitrogens with zero attached hydrogens (tertiary/aromatic N) is 4. The Bertz CT molecular complexity index is 964. The van der Waals surface area contributed by atoms with E-state index in [4.69, 9.17) is 4.74 Å². The highest BCUT2D eigenvalue weighted by molar-refractivity contribution is 5.96. The number of ketones is 1. The predicted molar refractivity (Wildman–Crippen MR) is 111 cm³/mol. The zero-order valence-corrected chi connectivity index (χ0v) is 18.1. The van der Waals surface area contributed by atoms with Gasteiger partial charge in [0.15, 0.2) is 5.78 Å². The van der Waals surface area contributed by atoms with Crippen molar-refractivity contribution in [3.63, 3.8) is 0 Å². The Kier molecular flexibility index (Phi) is 7.00. The van der Waals surface area contributed by atoms with Crippen LogP contribution in [-0.2, 0) is 17.4 Å². The fourth-order valence-electron chi connectivity index (χ4n) is 3.59. The van der Waals surface area contributed by atoms with Crippen LogP contribution in [0, 0.1) is 5.92 Å². The number of hydrogen-bond donors (Lipinski definition) is 0. The van der Waals surface area contributed by atoms with Gasteiger partial charge in [0.05, 0.1) is 37.4 Å². The number of ether oxygens (including phenoxy) is 1. The van der Waals surface area contributed by atoms with E-state index in [0.717, 1.165) is 18.3 Å². The quantitative estimate of drug-likeness (QED) is 0.608. The number of hydrogen-bond acceptors (Lipinski definition) is 5. The number of halogens is 3. The summed E-state index contributed by atoms with van der Waals surface area (Å²) in [6.07, 6.45) is -2.24. The average molecular weight is 450 g/mol. The van der Waals surface area contributed by atoms with Crippen molar-refractivity contribution in [3.05, 3.63) is 47.9 Å². The number of carbonyl (C=O) groups is 2. The molecule has 3 heterocycles. The molecule has 32 heavy (non-hydrogen) atoms. The summed E-state index contributed by atoms with van der Waals surface area (Å²) in [6, 6.07) is 4.50. The van der Waals surface area contributed by atoms with E-state index in [1.54, 1.807) is 12.1 Å². The molecule has 0 bridgehead atoms. The highest BCUT2D eigenvalue weighted by Crippen LogP contribution is 2.30. The molecule has 0 aromatic carbocycles. The van der Waals surface area contributed by atoms with Crippen molar-refractivity contribution in [2.45, 2.75) is 39.4 Å². The van der Waals surface area contributed by atoms with Gasteiger partial charge in [-0.1, -0.05) is 13.8 Å². The van der Waals surface area contributed by atoms with E-state index >= 15 is 0 Å². The van der Waals surface area contributed by atoms with Gasteiger partial charge in [-0.15, -0.1) is 0 Å². The Labute approximate surface area is 184 Å². The first-order chi connectivity index (χ1) is 15.1. The van der Waals surface area contributed by atoms with Gasteiger partial charge in [0.2, 0.25) is 0 Å². The van der Waals surface area contributed by atoms with Crippen molar-refractivity contribution in [1.82, 2.24) is 14.9 Å². The van der Waals surface area contributed by atoms with E-state index in [-0.39, 0.29) is 36.7 Å². The average Bonchev–Trinajstić information content (AvgIpc) is 3.05. The maximum absolute atomic E-state index is 13.1. The number of amides is 2. The normalized spacial score (nSPS) is 16.7. The first-order valence-corrected chi connectivity index (χ1v) is 10.3. The third kappa shape index (κ3) is 5.35. The summed E-state index contributed by atoms with van der Waals surface area (Å²) in [6.45, 7) is 6.38. The Morgan fingerprint density at radius 1 is 1.25 bits per heavy atom. The molecule has 0 aliphatic carbocycles. The van der Waals surface area contributed by atoms with Crippen molar-refractivity contribution >= 4 is 17.6 Å². The summed E-state index contributed by atoms with van der Waals surface area (Å²) in [7, 11) is 0. The number of anilines is 1. The Hall–Kier alpha value is -3.17. The molecule has 2 aromatic heterocycles. The van der Waals surface area contributed by atoms with Crippen LogP contribution in [0.1, 0.15) is 32.0 Å². The number of alkyl halides is 3. The van der Waals surface area contributed by atoms with Crippen LogP contribution in [0.5, 0.6) is 5.75 Å². The summed E-state index contributed by atoms with van der Waals surface area (Å²) in [5.74, 6) is 0.700. The first kappa shape index (κ1) is 23.5. The maximum atomic E-state index is 13.1. The molecular formula is C22H25F3N4O3. The van der Waals surface area contributed by atoms with Gasteiger partial charge in [0, 0.05) is 18.4 Å². The number of Topliss-reactive ketones (excluding diaryl/α,β-unsaturated/α-hetero) is 1. The highest BCUT2D eigenvalue weighted by atomic mass is 19.4. The Morgan fingerprint density at radius 2 is 2.00 bits per heavy atom. The third-order valence-corrected chi connectivity index (χ3v) is 5.19. The summed E-state index contributed by atoms with van der Waals surface area (Å²) in [4.78, 5) is 36.8. The molecule has 7 nitrogen and oxygen atoms in total. The van der Waals surface area contributed by atoms with Gasteiger partial charge in [0.1, 0.15) is 11.6 Å². The van der Waals surface area contributed by atoms with Crippen molar-refractivity contribution in [1.29, 1.82) is 0 Å². The van der Waals surface area contributed by atoms with Gasteiger partial charge < -0.3 is 9.64 Å². The zero-order valence-electron chi connectivity index (χ0n) is 18.1. The minimum Gasteiger partial charge on any atom is -0.492 e. The highest BCUT2D eigenvalue weighted by Gasteiger charge is 2.41. The van der Waals surface area contributed by atoms with Crippen LogP contribution in [0.3, 0.4) is 0 Å². The summed E-state index contributed by atoms with van der Waals surface area (Å²) in [5.41, 5.74) is -0.844. The molecule has 1 fully saturated rings. The number of carbonyl (C=O) groups excluding carboxylic acids is 2. The lowest BCUT2D eigenvalue weighted by atomic mass is 10.0. The fourth-order valence-corrected chi connectivity index (χ4v) is 3.59. The Balaban J connectivity index is 1.73. The second-order valence-corrected chi connectivity index (χ2v) is 7.87. The number of pyridine rings is 2. The van der Waals surface area contributed by atoms with Gasteiger partial charge in [0.25, 0.3) is 0 Å². The minimum atomic E-state index is -4.51. The van der Waals surface area contributed by atoms with Crippen molar-refractivity contribution < 1.29 is 27.5 Å². The van der Waals surface area contributed by atoms with Gasteiger partial charge in [-0.25, -0.2) is 9.78 Å². The maximum Gasteiger partial charge on any atom is 0.416 e. The lowest BCUT2D eigenvalue weighted by Gasteiger charge is -2.25. The second-order valence-electron chi connectivity index (χ2n) is 7.87. The molecule has 0 saturated carbocycles. The molecule has 10 heteroatoms. The second kappa shape index (κ2) is 9.54. The number of urea groups is 1. The molecule has 0 N–H and O–H groups in total. The minimum absolute atomic E-state index is 0.0163. The van der Waals surface area contributed by atoms with E-state index in [0.29, 0.717) is 24.7 Å². The summed E-state index contributed by atoms with van der Waals surface area (Å²) >= 11 is 0. The van der Waals surface area contributed by atoms with Crippen LogP contribution in [-0.4, -0.2) is 52.4 Å². The smallest absolute Gasteiger partial charge is 0.416 e. The van der Waals surface area contributed by atoms with Crippen molar-refractivity contribution in [2.75, 3.05) is 24.6 Å². The molecule has 1 atom stereocenters. The van der Waals surface area contributed by atoms with E-state index < -0.39 is 17.5 Å². The lowest BCUT2D eigenvalue weighted by molar-refractivity contribution is -0.137. The van der Waals surface area contributed by atoms with Gasteiger partial charge in [-0.2, -0.15) is 13.2 Å². The third-order valence-electron chi connectivity index (χ3n) is 5.19. The van der Waals surface area contributed by atoms with Gasteiger partial charge >= 0.3 is 12.2 Å². The molecule has 0 unspecified atom stereocenters. The topological polar surface area (TPSA) is 75.6 Å². The molecule has 0 radical (unpaired) electrons. The molecule has 3 rings (SSSR count). The van der Waals surface area contributed by atoms with Crippen molar-refractivity contribution in [2.24, 2.45) is 5.92 Å². The van der Waals surface area contributed by atoms with Gasteiger partial charge in [-0.3, -0.25) is 14.7 Å².